The first-order chi connectivity index (χ1) is 15.9. The van der Waals surface area contributed by atoms with E-state index in [-0.39, 0.29) is 0 Å². The zero-order valence-electron chi connectivity index (χ0n) is 19.0. The van der Waals surface area contributed by atoms with Crippen LogP contribution in [0.5, 0.6) is 0 Å². The zero-order chi connectivity index (χ0) is 22.2. The molecule has 0 amide bonds. The van der Waals surface area contributed by atoms with Gasteiger partial charge in [0.2, 0.25) is 0 Å². The maximum atomic E-state index is 5.01. The highest BCUT2D eigenvalue weighted by molar-refractivity contribution is 5.67. The van der Waals surface area contributed by atoms with Gasteiger partial charge in [-0.1, -0.05) is 56.7 Å². The van der Waals surface area contributed by atoms with Crippen LogP contribution in [-0.2, 0) is 13.1 Å². The summed E-state index contributed by atoms with van der Waals surface area (Å²) < 4.78 is 1.93. The minimum Gasteiger partial charge on any atom is -0.366 e. The van der Waals surface area contributed by atoms with E-state index in [1.54, 1.807) is 6.20 Å². The largest absolute Gasteiger partial charge is 0.366 e. The summed E-state index contributed by atoms with van der Waals surface area (Å²) in [6, 6.07) is 16.4. The van der Waals surface area contributed by atoms with Crippen molar-refractivity contribution in [1.29, 1.82) is 0 Å². The summed E-state index contributed by atoms with van der Waals surface area (Å²) >= 11 is 0. The lowest BCUT2D eigenvalue weighted by Crippen LogP contribution is -2.29. The molecule has 1 N–H and O–H groups in total. The Morgan fingerprint density at radius 2 is 1.75 bits per heavy atom. The fourth-order valence-electron chi connectivity index (χ4n) is 4.06. The van der Waals surface area contributed by atoms with E-state index in [9.17, 15) is 0 Å². The van der Waals surface area contributed by atoms with Crippen LogP contribution in [0.15, 0.2) is 67.1 Å². The lowest BCUT2D eigenvalue weighted by atomic mass is 10.1. The molecular formula is C26H32N6. The standard InChI is InChI=1S/C24H26N6.C2H6/c1-3-9-20(10-4-1)22-14-23(26-16-19-8-7-11-25-15-19)30-24(28-22)21(17-27-30)18-29-12-5-2-6-13-29;1-2/h1,3-4,7-11,14-15,17,26H,2,5-6,12-13,16,18H2;1-2H3. The van der Waals surface area contributed by atoms with Gasteiger partial charge >= 0.3 is 0 Å². The monoisotopic (exact) mass is 428 g/mol. The van der Waals surface area contributed by atoms with Gasteiger partial charge in [-0.3, -0.25) is 9.88 Å². The second kappa shape index (κ2) is 10.9. The van der Waals surface area contributed by atoms with Gasteiger partial charge in [-0.15, -0.1) is 0 Å². The summed E-state index contributed by atoms with van der Waals surface area (Å²) in [4.78, 5) is 11.7. The second-order valence-electron chi connectivity index (χ2n) is 7.85. The van der Waals surface area contributed by atoms with Gasteiger partial charge in [-0.25, -0.2) is 4.98 Å². The molecular weight excluding hydrogens is 396 g/mol. The molecule has 32 heavy (non-hydrogen) atoms. The zero-order valence-corrected chi connectivity index (χ0v) is 19.0. The lowest BCUT2D eigenvalue weighted by Gasteiger charge is -2.25. The number of nitrogens with zero attached hydrogens (tertiary/aromatic N) is 5. The van der Waals surface area contributed by atoms with Gasteiger partial charge in [-0.05, 0) is 37.6 Å². The van der Waals surface area contributed by atoms with Crippen LogP contribution in [0.4, 0.5) is 5.82 Å². The number of hydrogen-bond acceptors (Lipinski definition) is 5. The van der Waals surface area contributed by atoms with E-state index in [0.29, 0.717) is 6.54 Å². The lowest BCUT2D eigenvalue weighted by molar-refractivity contribution is 0.221. The van der Waals surface area contributed by atoms with Crippen molar-refractivity contribution >= 4 is 11.5 Å². The second-order valence-corrected chi connectivity index (χ2v) is 7.85. The molecule has 0 spiro atoms. The molecule has 3 aromatic heterocycles. The molecule has 0 atom stereocenters. The van der Waals surface area contributed by atoms with Gasteiger partial charge in [0.25, 0.3) is 0 Å². The number of pyridine rings is 1. The number of likely N-dealkylation sites (tertiary alicyclic amines) is 1. The highest BCUT2D eigenvalue weighted by Gasteiger charge is 2.17. The van der Waals surface area contributed by atoms with Crippen molar-refractivity contribution in [2.45, 2.75) is 46.2 Å². The molecule has 0 bridgehead atoms. The molecule has 0 saturated carbocycles. The number of rotatable bonds is 6. The van der Waals surface area contributed by atoms with Crippen molar-refractivity contribution in [2.75, 3.05) is 18.4 Å². The first kappa shape index (κ1) is 22.0. The number of nitrogens with one attached hydrogen (secondary N) is 1. The van der Waals surface area contributed by atoms with Crippen LogP contribution >= 0.6 is 0 Å². The Balaban J connectivity index is 0.00000119. The molecule has 5 rings (SSSR count). The van der Waals surface area contributed by atoms with Crippen molar-refractivity contribution in [1.82, 2.24) is 24.5 Å². The van der Waals surface area contributed by atoms with E-state index in [0.717, 1.165) is 47.9 Å². The van der Waals surface area contributed by atoms with Gasteiger partial charge in [0.15, 0.2) is 5.65 Å². The van der Waals surface area contributed by atoms with Crippen LogP contribution in [0.25, 0.3) is 16.9 Å². The number of fused-ring (bicyclic) bond motifs is 1. The van der Waals surface area contributed by atoms with E-state index in [2.05, 4.69) is 56.7 Å². The van der Waals surface area contributed by atoms with Crippen LogP contribution in [0.1, 0.15) is 44.2 Å². The number of hydrogen-bond donors (Lipinski definition) is 1. The van der Waals surface area contributed by atoms with Crippen molar-refractivity contribution < 1.29 is 0 Å². The van der Waals surface area contributed by atoms with Gasteiger partial charge in [0.05, 0.1) is 11.9 Å². The molecule has 6 heteroatoms. The van der Waals surface area contributed by atoms with E-state index in [1.807, 2.05) is 42.9 Å². The van der Waals surface area contributed by atoms with Crippen molar-refractivity contribution in [3.05, 3.63) is 78.2 Å². The van der Waals surface area contributed by atoms with Crippen molar-refractivity contribution in [3.8, 4) is 11.3 Å². The van der Waals surface area contributed by atoms with Crippen LogP contribution < -0.4 is 5.32 Å². The predicted octanol–water partition coefficient (Wildman–Crippen LogP) is 5.42. The summed E-state index contributed by atoms with van der Waals surface area (Å²) in [7, 11) is 0. The quantitative estimate of drug-likeness (QED) is 0.445. The molecule has 0 aliphatic carbocycles. The smallest absolute Gasteiger partial charge is 0.162 e. The Kier molecular flexibility index (Phi) is 7.46. The minimum atomic E-state index is 0.683. The molecule has 1 aromatic carbocycles. The van der Waals surface area contributed by atoms with Crippen LogP contribution in [-0.4, -0.2) is 37.6 Å². The molecule has 1 saturated heterocycles. The Morgan fingerprint density at radius 1 is 0.938 bits per heavy atom. The summed E-state index contributed by atoms with van der Waals surface area (Å²) in [6.45, 7) is 7.89. The Labute approximate surface area is 190 Å². The highest BCUT2D eigenvalue weighted by atomic mass is 15.3. The third-order valence-corrected chi connectivity index (χ3v) is 5.65. The summed E-state index contributed by atoms with van der Waals surface area (Å²) in [5.41, 5.74) is 5.30. The summed E-state index contributed by atoms with van der Waals surface area (Å²) in [5.74, 6) is 0.938. The van der Waals surface area contributed by atoms with Crippen LogP contribution in [0.2, 0.25) is 0 Å². The van der Waals surface area contributed by atoms with E-state index in [1.165, 1.54) is 24.8 Å². The summed E-state index contributed by atoms with van der Waals surface area (Å²) in [5, 5.41) is 8.22. The van der Waals surface area contributed by atoms with Gasteiger partial charge in [-0.2, -0.15) is 9.61 Å². The predicted molar refractivity (Wildman–Crippen MR) is 130 cm³/mol. The average molecular weight is 429 g/mol. The first-order valence-corrected chi connectivity index (χ1v) is 11.6. The number of piperidine rings is 1. The van der Waals surface area contributed by atoms with Crippen molar-refractivity contribution in [2.24, 2.45) is 0 Å². The van der Waals surface area contributed by atoms with Gasteiger partial charge < -0.3 is 5.32 Å². The topological polar surface area (TPSA) is 58.4 Å². The molecule has 6 nitrogen and oxygen atoms in total. The maximum absolute atomic E-state index is 5.01. The first-order valence-electron chi connectivity index (χ1n) is 11.6. The van der Waals surface area contributed by atoms with Gasteiger partial charge in [0, 0.05) is 42.7 Å². The van der Waals surface area contributed by atoms with E-state index < -0.39 is 0 Å². The average Bonchev–Trinajstić information content (AvgIpc) is 3.28. The molecule has 0 unspecified atom stereocenters. The minimum absolute atomic E-state index is 0.683. The van der Waals surface area contributed by atoms with Crippen LogP contribution in [0.3, 0.4) is 0 Å². The fraction of sp³-hybridized carbons (Fsp3) is 0.346. The molecule has 166 valence electrons. The molecule has 4 aromatic rings. The van der Waals surface area contributed by atoms with Crippen molar-refractivity contribution in [3.63, 3.8) is 0 Å². The normalized spacial score (nSPS) is 14.1. The molecule has 4 heterocycles. The van der Waals surface area contributed by atoms with E-state index >= 15 is 0 Å². The third-order valence-electron chi connectivity index (χ3n) is 5.65. The highest BCUT2D eigenvalue weighted by Crippen LogP contribution is 2.25. The van der Waals surface area contributed by atoms with Gasteiger partial charge in [0.1, 0.15) is 5.82 Å². The third kappa shape index (κ3) is 5.14. The summed E-state index contributed by atoms with van der Waals surface area (Å²) in [6.07, 6.45) is 9.54. The number of aromatic nitrogens is 4. The maximum Gasteiger partial charge on any atom is 0.162 e. The Morgan fingerprint density at radius 3 is 2.50 bits per heavy atom. The number of benzene rings is 1. The molecule has 1 aliphatic rings. The number of anilines is 1. The fourth-order valence-corrected chi connectivity index (χ4v) is 4.06. The molecule has 1 fully saturated rings. The SMILES string of the molecule is CC.c1ccc(-c2cc(NCc3cccnc3)n3ncc(CN4CCCCC4)c3n2)cc1. The molecule has 0 radical (unpaired) electrons. The van der Waals surface area contributed by atoms with E-state index in [4.69, 9.17) is 4.98 Å². The Hall–Kier alpha value is -3.25. The Bertz CT molecular complexity index is 1100. The molecule has 1 aliphatic heterocycles. The van der Waals surface area contributed by atoms with Crippen LogP contribution in [0, 0.1) is 0 Å².